The van der Waals surface area contributed by atoms with Crippen molar-refractivity contribution in [2.24, 2.45) is 5.92 Å². The van der Waals surface area contributed by atoms with Crippen molar-refractivity contribution >= 4 is 21.6 Å². The van der Waals surface area contributed by atoms with Gasteiger partial charge in [0.15, 0.2) is 5.03 Å². The molecule has 1 saturated heterocycles. The number of pyridine rings is 1. The summed E-state index contributed by atoms with van der Waals surface area (Å²) < 4.78 is 27.3. The molecule has 2 aliphatic rings. The highest BCUT2D eigenvalue weighted by Gasteiger charge is 2.33. The predicted octanol–water partition coefficient (Wildman–Crippen LogP) is 2.50. The molecule has 9 heteroatoms. The van der Waals surface area contributed by atoms with Crippen molar-refractivity contribution in [2.75, 3.05) is 18.4 Å². The van der Waals surface area contributed by atoms with Gasteiger partial charge in [0.05, 0.1) is 17.6 Å². The maximum absolute atomic E-state index is 12.9. The van der Waals surface area contributed by atoms with E-state index in [1.807, 2.05) is 0 Å². The number of sulfonamides is 1. The molecule has 8 nitrogen and oxygen atoms in total. The van der Waals surface area contributed by atoms with E-state index in [0.29, 0.717) is 18.8 Å². The van der Waals surface area contributed by atoms with Crippen LogP contribution in [0.1, 0.15) is 50.1 Å². The summed E-state index contributed by atoms with van der Waals surface area (Å²) in [5.41, 5.74) is 1.46. The van der Waals surface area contributed by atoms with Crippen molar-refractivity contribution < 1.29 is 13.2 Å². The fourth-order valence-electron chi connectivity index (χ4n) is 4.16. The Morgan fingerprint density at radius 1 is 1.18 bits per heavy atom. The lowest BCUT2D eigenvalue weighted by Gasteiger charge is -2.31. The molecule has 28 heavy (non-hydrogen) atoms. The third kappa shape index (κ3) is 3.81. The fraction of sp³-hybridized carbons (Fsp3) is 0.526. The first-order chi connectivity index (χ1) is 13.6. The number of rotatable bonds is 5. The first kappa shape index (κ1) is 19.1. The molecule has 2 N–H and O–H groups in total. The lowest BCUT2D eigenvalue weighted by molar-refractivity contribution is -0.119. The molecule has 1 atom stereocenters. The number of aromatic amines is 1. The molecule has 4 rings (SSSR count). The lowest BCUT2D eigenvalue weighted by Crippen LogP contribution is -2.39. The molecular weight excluding hydrogens is 378 g/mol. The van der Waals surface area contributed by atoms with Crippen molar-refractivity contribution in [3.05, 3.63) is 36.3 Å². The molecule has 1 saturated carbocycles. The Bertz CT molecular complexity index is 922. The topological polar surface area (TPSA) is 108 Å². The molecule has 3 heterocycles. The second kappa shape index (κ2) is 8.00. The van der Waals surface area contributed by atoms with Gasteiger partial charge < -0.3 is 5.32 Å². The standard InChI is InChI=1S/C19H25N5O3S/c25-19(14-6-1-2-7-14)22-16-12-21-23-18(16)15-8-5-11-24(13-15)28(26,27)17-9-3-4-10-20-17/h3-4,9-10,12,14-15H,1-2,5-8,11,13H2,(H,21,23)(H,22,25)/t15-/m0/s1. The summed E-state index contributed by atoms with van der Waals surface area (Å²) in [5, 5.41) is 10.2. The third-order valence-corrected chi connectivity index (χ3v) is 7.47. The first-order valence-corrected chi connectivity index (χ1v) is 11.2. The number of H-pyrrole nitrogens is 1. The van der Waals surface area contributed by atoms with E-state index in [9.17, 15) is 13.2 Å². The van der Waals surface area contributed by atoms with Crippen molar-refractivity contribution in [3.8, 4) is 0 Å². The van der Waals surface area contributed by atoms with Crippen molar-refractivity contribution in [2.45, 2.75) is 49.5 Å². The van der Waals surface area contributed by atoms with Crippen LogP contribution in [0, 0.1) is 5.92 Å². The summed E-state index contributed by atoms with van der Waals surface area (Å²) in [6.07, 6.45) is 8.73. The molecule has 2 aromatic rings. The zero-order chi connectivity index (χ0) is 19.6. The van der Waals surface area contributed by atoms with E-state index in [0.717, 1.165) is 44.2 Å². The quantitative estimate of drug-likeness (QED) is 0.797. The highest BCUT2D eigenvalue weighted by atomic mass is 32.2. The summed E-state index contributed by atoms with van der Waals surface area (Å²) in [5.74, 6) is 0.0534. The lowest BCUT2D eigenvalue weighted by atomic mass is 9.95. The van der Waals surface area contributed by atoms with Crippen LogP contribution in [0.5, 0.6) is 0 Å². The van der Waals surface area contributed by atoms with E-state index in [1.54, 1.807) is 18.3 Å². The van der Waals surface area contributed by atoms with Gasteiger partial charge in [-0.15, -0.1) is 0 Å². The number of carbonyl (C=O) groups is 1. The van der Waals surface area contributed by atoms with Gasteiger partial charge in [-0.3, -0.25) is 9.89 Å². The minimum absolute atomic E-state index is 0.0360. The minimum Gasteiger partial charge on any atom is -0.323 e. The Kier molecular flexibility index (Phi) is 5.45. The molecule has 0 bridgehead atoms. The Hall–Kier alpha value is -2.26. The molecule has 1 aliphatic heterocycles. The zero-order valence-electron chi connectivity index (χ0n) is 15.7. The Morgan fingerprint density at radius 3 is 2.75 bits per heavy atom. The van der Waals surface area contributed by atoms with E-state index in [2.05, 4.69) is 20.5 Å². The molecule has 1 amide bonds. The third-order valence-electron chi connectivity index (χ3n) is 5.69. The monoisotopic (exact) mass is 403 g/mol. The maximum atomic E-state index is 12.9. The molecule has 2 fully saturated rings. The summed E-state index contributed by atoms with van der Waals surface area (Å²) >= 11 is 0. The van der Waals surface area contributed by atoms with Gasteiger partial charge >= 0.3 is 0 Å². The van der Waals surface area contributed by atoms with Crippen LogP contribution in [-0.2, 0) is 14.8 Å². The molecule has 0 radical (unpaired) electrons. The van der Waals surface area contributed by atoms with Gasteiger partial charge in [0.2, 0.25) is 5.91 Å². The van der Waals surface area contributed by atoms with Gasteiger partial charge in [0.1, 0.15) is 0 Å². The van der Waals surface area contributed by atoms with Gasteiger partial charge in [-0.1, -0.05) is 18.9 Å². The van der Waals surface area contributed by atoms with Crippen LogP contribution in [0.3, 0.4) is 0 Å². The summed E-state index contributed by atoms with van der Waals surface area (Å²) in [6.45, 7) is 0.806. The van der Waals surface area contributed by atoms with Crippen molar-refractivity contribution in [1.29, 1.82) is 0 Å². The SMILES string of the molecule is O=C(Nc1cn[nH]c1[C@H]1CCCN(S(=O)(=O)c2ccccn2)C1)C1CCCC1. The van der Waals surface area contributed by atoms with Crippen LogP contribution in [0.4, 0.5) is 5.69 Å². The Balaban J connectivity index is 1.50. The van der Waals surface area contributed by atoms with Gasteiger partial charge in [0, 0.05) is 31.1 Å². The molecule has 1 aliphatic carbocycles. The number of nitrogens with zero attached hydrogens (tertiary/aromatic N) is 3. The highest BCUT2D eigenvalue weighted by Crippen LogP contribution is 2.33. The Morgan fingerprint density at radius 2 is 2.00 bits per heavy atom. The number of carbonyl (C=O) groups excluding carboxylic acids is 1. The molecule has 0 unspecified atom stereocenters. The van der Waals surface area contributed by atoms with E-state index in [-0.39, 0.29) is 22.8 Å². The van der Waals surface area contributed by atoms with Gasteiger partial charge in [-0.2, -0.15) is 9.40 Å². The average Bonchev–Trinajstić information content (AvgIpc) is 3.41. The first-order valence-electron chi connectivity index (χ1n) is 9.81. The number of piperidine rings is 1. The number of aromatic nitrogens is 3. The molecule has 2 aromatic heterocycles. The maximum Gasteiger partial charge on any atom is 0.260 e. The van der Waals surface area contributed by atoms with Crippen LogP contribution in [0.25, 0.3) is 0 Å². The number of hydrogen-bond donors (Lipinski definition) is 2. The van der Waals surface area contributed by atoms with Crippen LogP contribution >= 0.6 is 0 Å². The molecular formula is C19H25N5O3S. The van der Waals surface area contributed by atoms with Gasteiger partial charge in [-0.25, -0.2) is 13.4 Å². The smallest absolute Gasteiger partial charge is 0.260 e. The van der Waals surface area contributed by atoms with Crippen LogP contribution in [0.2, 0.25) is 0 Å². The molecule has 0 spiro atoms. The number of hydrogen-bond acceptors (Lipinski definition) is 5. The van der Waals surface area contributed by atoms with Crippen LogP contribution in [0.15, 0.2) is 35.6 Å². The summed E-state index contributed by atoms with van der Waals surface area (Å²) in [6, 6.07) is 4.89. The number of amides is 1. The van der Waals surface area contributed by atoms with Crippen molar-refractivity contribution in [1.82, 2.24) is 19.5 Å². The second-order valence-corrected chi connectivity index (χ2v) is 9.42. The van der Waals surface area contributed by atoms with Gasteiger partial charge in [-0.05, 0) is 37.8 Å². The molecule has 150 valence electrons. The zero-order valence-corrected chi connectivity index (χ0v) is 16.5. The van der Waals surface area contributed by atoms with E-state index in [1.165, 1.54) is 16.6 Å². The fourth-order valence-corrected chi connectivity index (χ4v) is 5.61. The summed E-state index contributed by atoms with van der Waals surface area (Å²) in [4.78, 5) is 16.5. The van der Waals surface area contributed by atoms with Crippen LogP contribution in [-0.4, -0.2) is 46.9 Å². The van der Waals surface area contributed by atoms with E-state index in [4.69, 9.17) is 0 Å². The molecule has 0 aromatic carbocycles. The normalized spacial score (nSPS) is 21.6. The minimum atomic E-state index is -3.63. The predicted molar refractivity (Wildman–Crippen MR) is 104 cm³/mol. The average molecular weight is 404 g/mol. The largest absolute Gasteiger partial charge is 0.323 e. The Labute approximate surface area is 164 Å². The number of nitrogens with one attached hydrogen (secondary N) is 2. The van der Waals surface area contributed by atoms with Gasteiger partial charge in [0.25, 0.3) is 10.0 Å². The van der Waals surface area contributed by atoms with Crippen LogP contribution < -0.4 is 5.32 Å². The van der Waals surface area contributed by atoms with E-state index < -0.39 is 10.0 Å². The van der Waals surface area contributed by atoms with Crippen molar-refractivity contribution in [3.63, 3.8) is 0 Å². The van der Waals surface area contributed by atoms with E-state index >= 15 is 0 Å². The second-order valence-electron chi connectivity index (χ2n) is 7.54. The highest BCUT2D eigenvalue weighted by molar-refractivity contribution is 7.89. The number of anilines is 1. The summed E-state index contributed by atoms with van der Waals surface area (Å²) in [7, 11) is -3.63.